The molecular weight excluding hydrogens is 283 g/mol. The lowest BCUT2D eigenvalue weighted by atomic mass is 10.2. The highest BCUT2D eigenvalue weighted by Gasteiger charge is 2.16. The van der Waals surface area contributed by atoms with Gasteiger partial charge in [0.1, 0.15) is 5.75 Å². The molecule has 0 spiro atoms. The van der Waals surface area contributed by atoms with Crippen molar-refractivity contribution in [2.75, 3.05) is 18.2 Å². The molecule has 0 aliphatic rings. The smallest absolute Gasteiger partial charge is 0.258 e. The van der Waals surface area contributed by atoms with E-state index in [0.29, 0.717) is 17.1 Å². The number of halogens is 2. The predicted molar refractivity (Wildman–Crippen MR) is 76.8 cm³/mol. The molecule has 0 saturated heterocycles. The lowest BCUT2D eigenvalue weighted by Crippen LogP contribution is -2.14. The lowest BCUT2D eigenvalue weighted by Gasteiger charge is -2.11. The van der Waals surface area contributed by atoms with E-state index >= 15 is 0 Å². The van der Waals surface area contributed by atoms with Crippen molar-refractivity contribution in [3.63, 3.8) is 0 Å². The Hall–Kier alpha value is -2.27. The molecule has 3 N–H and O–H groups in total. The van der Waals surface area contributed by atoms with E-state index in [4.69, 9.17) is 22.1 Å². The van der Waals surface area contributed by atoms with Crippen LogP contribution in [0.25, 0.3) is 0 Å². The summed E-state index contributed by atoms with van der Waals surface area (Å²) < 4.78 is 18.9. The van der Waals surface area contributed by atoms with Gasteiger partial charge in [0.15, 0.2) is 5.82 Å². The van der Waals surface area contributed by atoms with E-state index in [0.717, 1.165) is 0 Å². The van der Waals surface area contributed by atoms with Crippen LogP contribution in [0.1, 0.15) is 10.4 Å². The van der Waals surface area contributed by atoms with E-state index in [1.807, 2.05) is 0 Å². The number of carbonyl (C=O) groups is 1. The molecule has 0 fully saturated rings. The van der Waals surface area contributed by atoms with Crippen LogP contribution in [0.4, 0.5) is 15.8 Å². The van der Waals surface area contributed by atoms with Crippen LogP contribution in [0, 0.1) is 5.82 Å². The van der Waals surface area contributed by atoms with Gasteiger partial charge in [0, 0.05) is 5.69 Å². The number of hydrogen-bond donors (Lipinski definition) is 2. The molecule has 20 heavy (non-hydrogen) atoms. The first kappa shape index (κ1) is 14.1. The first-order valence-electron chi connectivity index (χ1n) is 5.72. The van der Waals surface area contributed by atoms with Crippen molar-refractivity contribution in [3.05, 3.63) is 52.8 Å². The van der Waals surface area contributed by atoms with Crippen molar-refractivity contribution in [2.45, 2.75) is 0 Å². The third-order valence-electron chi connectivity index (χ3n) is 2.67. The summed E-state index contributed by atoms with van der Waals surface area (Å²) in [6.07, 6.45) is 0. The first-order chi connectivity index (χ1) is 9.52. The van der Waals surface area contributed by atoms with Gasteiger partial charge in [0.2, 0.25) is 0 Å². The Morgan fingerprint density at radius 1 is 1.35 bits per heavy atom. The topological polar surface area (TPSA) is 64.3 Å². The molecule has 0 radical (unpaired) electrons. The maximum absolute atomic E-state index is 13.8. The third-order valence-corrected chi connectivity index (χ3v) is 2.96. The minimum atomic E-state index is -0.769. The number of rotatable bonds is 3. The quantitative estimate of drug-likeness (QED) is 0.854. The normalized spacial score (nSPS) is 10.2. The Labute approximate surface area is 120 Å². The number of amides is 1. The van der Waals surface area contributed by atoms with E-state index in [1.54, 1.807) is 12.1 Å². The zero-order chi connectivity index (χ0) is 14.7. The number of methoxy groups -OCH3 is 1. The molecule has 2 aromatic rings. The van der Waals surface area contributed by atoms with Gasteiger partial charge in [-0.05, 0) is 30.3 Å². The second-order valence-corrected chi connectivity index (χ2v) is 4.42. The second-order valence-electron chi connectivity index (χ2n) is 4.02. The minimum Gasteiger partial charge on any atom is -0.495 e. The Morgan fingerprint density at radius 3 is 2.80 bits per heavy atom. The van der Waals surface area contributed by atoms with Crippen LogP contribution in [0.15, 0.2) is 36.4 Å². The molecule has 0 aliphatic carbocycles. The summed E-state index contributed by atoms with van der Waals surface area (Å²) in [6, 6.07) is 8.98. The average molecular weight is 295 g/mol. The molecule has 0 bridgehead atoms. The molecule has 6 heteroatoms. The van der Waals surface area contributed by atoms with Gasteiger partial charge in [-0.3, -0.25) is 4.79 Å². The van der Waals surface area contributed by atoms with Crippen molar-refractivity contribution in [2.24, 2.45) is 0 Å². The van der Waals surface area contributed by atoms with Gasteiger partial charge < -0.3 is 15.8 Å². The maximum atomic E-state index is 13.8. The fourth-order valence-corrected chi connectivity index (χ4v) is 1.87. The second kappa shape index (κ2) is 5.79. The number of nitrogen functional groups attached to an aromatic ring is 1. The number of nitrogens with two attached hydrogens (primary N) is 1. The van der Waals surface area contributed by atoms with Crippen molar-refractivity contribution >= 4 is 28.9 Å². The van der Waals surface area contributed by atoms with E-state index in [2.05, 4.69) is 5.32 Å². The van der Waals surface area contributed by atoms with E-state index < -0.39 is 11.7 Å². The molecule has 0 unspecified atom stereocenters. The fraction of sp³-hybridized carbons (Fsp3) is 0.0714. The fourth-order valence-electron chi connectivity index (χ4n) is 1.69. The van der Waals surface area contributed by atoms with Crippen LogP contribution in [0.5, 0.6) is 5.75 Å². The number of nitrogens with one attached hydrogen (secondary N) is 1. The summed E-state index contributed by atoms with van der Waals surface area (Å²) in [6.45, 7) is 0. The predicted octanol–water partition coefficient (Wildman–Crippen LogP) is 3.32. The van der Waals surface area contributed by atoms with Gasteiger partial charge in [-0.1, -0.05) is 17.7 Å². The summed E-state index contributed by atoms with van der Waals surface area (Å²) in [5.41, 5.74) is 6.31. The first-order valence-corrected chi connectivity index (χ1v) is 6.09. The molecule has 0 heterocycles. The van der Waals surface area contributed by atoms with Crippen molar-refractivity contribution in [1.82, 2.24) is 0 Å². The van der Waals surface area contributed by atoms with Crippen molar-refractivity contribution < 1.29 is 13.9 Å². The summed E-state index contributed by atoms with van der Waals surface area (Å²) in [4.78, 5) is 12.1. The molecule has 0 aliphatic heterocycles. The van der Waals surface area contributed by atoms with Crippen LogP contribution >= 0.6 is 11.6 Å². The zero-order valence-electron chi connectivity index (χ0n) is 10.6. The molecule has 2 rings (SSSR count). The van der Waals surface area contributed by atoms with Crippen LogP contribution in [-0.2, 0) is 0 Å². The van der Waals surface area contributed by atoms with E-state index in [-0.39, 0.29) is 10.6 Å². The van der Waals surface area contributed by atoms with Gasteiger partial charge in [0.25, 0.3) is 5.91 Å². The van der Waals surface area contributed by atoms with Crippen molar-refractivity contribution in [1.29, 1.82) is 0 Å². The van der Waals surface area contributed by atoms with E-state index in [1.165, 1.54) is 31.4 Å². The zero-order valence-corrected chi connectivity index (χ0v) is 11.4. The monoisotopic (exact) mass is 294 g/mol. The van der Waals surface area contributed by atoms with E-state index in [9.17, 15) is 9.18 Å². The molecule has 1 amide bonds. The minimum absolute atomic E-state index is 0.114. The molecule has 4 nitrogen and oxygen atoms in total. The maximum Gasteiger partial charge on any atom is 0.258 e. The highest BCUT2D eigenvalue weighted by molar-refractivity contribution is 6.31. The Bertz CT molecular complexity index is 662. The highest BCUT2D eigenvalue weighted by Crippen LogP contribution is 2.27. The standard InChI is InChI=1S/C14H12ClFN2O2/c1-20-12-6-5-8(17)7-11(12)18-14(19)9-3-2-4-10(15)13(9)16/h2-7H,17H2,1H3,(H,18,19). The molecule has 0 aromatic heterocycles. The van der Waals surface area contributed by atoms with Crippen LogP contribution in [-0.4, -0.2) is 13.0 Å². The van der Waals surface area contributed by atoms with Gasteiger partial charge in [-0.25, -0.2) is 4.39 Å². The van der Waals surface area contributed by atoms with Crippen LogP contribution < -0.4 is 15.8 Å². The summed E-state index contributed by atoms with van der Waals surface area (Å²) in [5, 5.41) is 2.43. The number of carbonyl (C=O) groups excluding carboxylic acids is 1. The van der Waals surface area contributed by atoms with Crippen LogP contribution in [0.2, 0.25) is 5.02 Å². The largest absolute Gasteiger partial charge is 0.495 e. The highest BCUT2D eigenvalue weighted by atomic mass is 35.5. The van der Waals surface area contributed by atoms with Crippen molar-refractivity contribution in [3.8, 4) is 5.75 Å². The Balaban J connectivity index is 2.32. The third kappa shape index (κ3) is 2.83. The summed E-state index contributed by atoms with van der Waals surface area (Å²) >= 11 is 5.64. The molecule has 0 saturated carbocycles. The summed E-state index contributed by atoms with van der Waals surface area (Å²) in [5.74, 6) is -0.974. The number of ether oxygens (including phenoxy) is 1. The number of benzene rings is 2. The molecular formula is C14H12ClFN2O2. The Kier molecular flexibility index (Phi) is 4.10. The number of anilines is 2. The molecule has 104 valence electrons. The van der Waals surface area contributed by atoms with Gasteiger partial charge >= 0.3 is 0 Å². The lowest BCUT2D eigenvalue weighted by molar-refractivity contribution is 0.102. The van der Waals surface area contributed by atoms with Crippen LogP contribution in [0.3, 0.4) is 0 Å². The van der Waals surface area contributed by atoms with Gasteiger partial charge in [0.05, 0.1) is 23.4 Å². The van der Waals surface area contributed by atoms with Gasteiger partial charge in [-0.2, -0.15) is 0 Å². The number of hydrogen-bond acceptors (Lipinski definition) is 3. The average Bonchev–Trinajstić information content (AvgIpc) is 2.42. The summed E-state index contributed by atoms with van der Waals surface area (Å²) in [7, 11) is 1.46. The molecule has 2 aromatic carbocycles. The SMILES string of the molecule is COc1ccc(N)cc1NC(=O)c1cccc(Cl)c1F. The Morgan fingerprint density at radius 2 is 2.10 bits per heavy atom. The molecule has 0 atom stereocenters. The van der Waals surface area contributed by atoms with Gasteiger partial charge in [-0.15, -0.1) is 0 Å².